The van der Waals surface area contributed by atoms with Crippen molar-refractivity contribution in [3.05, 3.63) is 60.3 Å². The van der Waals surface area contributed by atoms with Crippen molar-refractivity contribution >= 4 is 11.6 Å². The Balaban J connectivity index is 1.46. The molecule has 0 fully saturated rings. The van der Waals surface area contributed by atoms with E-state index in [2.05, 4.69) is 20.8 Å². The number of fused-ring (bicyclic) bond motifs is 1. The maximum absolute atomic E-state index is 5.76. The number of aromatic nitrogens is 1. The molecule has 2 N–H and O–H groups in total. The third-order valence-corrected chi connectivity index (χ3v) is 4.37. The molecule has 3 aromatic rings. The van der Waals surface area contributed by atoms with E-state index < -0.39 is 0 Å². The Morgan fingerprint density at radius 1 is 1.03 bits per heavy atom. The Labute approximate surface area is 169 Å². The molecule has 0 aliphatic carbocycles. The molecule has 1 aromatic heterocycles. The highest BCUT2D eigenvalue weighted by Gasteiger charge is 2.12. The topological polar surface area (TPSA) is 80.9 Å². The summed E-state index contributed by atoms with van der Waals surface area (Å²) in [5.41, 5.74) is 2.63. The van der Waals surface area contributed by atoms with Crippen LogP contribution in [-0.4, -0.2) is 30.9 Å². The van der Waals surface area contributed by atoms with Crippen molar-refractivity contribution < 1.29 is 14.0 Å². The van der Waals surface area contributed by atoms with E-state index in [-0.39, 0.29) is 0 Å². The van der Waals surface area contributed by atoms with Gasteiger partial charge in [0.05, 0.1) is 19.8 Å². The molecule has 0 unspecified atom stereocenters. The zero-order chi connectivity index (χ0) is 19.9. The lowest BCUT2D eigenvalue weighted by molar-refractivity contribution is 0.297. The quantitative estimate of drug-likeness (QED) is 0.503. The SMILES string of the molecule is CCNC(=NCc1cc(-c2ccccc2)on1)Nc1ccc2c(c1)OCCCO2. The lowest BCUT2D eigenvalue weighted by atomic mass is 10.2. The lowest BCUT2D eigenvalue weighted by Crippen LogP contribution is -2.30. The molecule has 7 nitrogen and oxygen atoms in total. The van der Waals surface area contributed by atoms with Crippen LogP contribution in [0.25, 0.3) is 11.3 Å². The molecule has 0 atom stereocenters. The summed E-state index contributed by atoms with van der Waals surface area (Å²) >= 11 is 0. The van der Waals surface area contributed by atoms with Crippen LogP contribution < -0.4 is 20.1 Å². The monoisotopic (exact) mass is 392 g/mol. The summed E-state index contributed by atoms with van der Waals surface area (Å²) in [6.07, 6.45) is 0.879. The summed E-state index contributed by atoms with van der Waals surface area (Å²) in [5.74, 6) is 2.90. The summed E-state index contributed by atoms with van der Waals surface area (Å²) in [5, 5.41) is 10.7. The highest BCUT2D eigenvalue weighted by atomic mass is 16.5. The number of anilines is 1. The molecule has 0 saturated carbocycles. The van der Waals surface area contributed by atoms with Crippen LogP contribution in [-0.2, 0) is 6.54 Å². The van der Waals surface area contributed by atoms with Gasteiger partial charge in [0.2, 0.25) is 0 Å². The van der Waals surface area contributed by atoms with Gasteiger partial charge in [0.15, 0.2) is 23.2 Å². The van der Waals surface area contributed by atoms with Crippen LogP contribution in [0.3, 0.4) is 0 Å². The Hall–Kier alpha value is -3.48. The number of nitrogens with one attached hydrogen (secondary N) is 2. The maximum atomic E-state index is 5.76. The number of nitrogens with zero attached hydrogens (tertiary/aromatic N) is 2. The van der Waals surface area contributed by atoms with Crippen LogP contribution in [0.2, 0.25) is 0 Å². The average molecular weight is 392 g/mol. The summed E-state index contributed by atoms with van der Waals surface area (Å²) in [6.45, 7) is 4.49. The van der Waals surface area contributed by atoms with Gasteiger partial charge in [-0.1, -0.05) is 35.5 Å². The van der Waals surface area contributed by atoms with Gasteiger partial charge in [0.25, 0.3) is 0 Å². The summed E-state index contributed by atoms with van der Waals surface area (Å²) in [7, 11) is 0. The molecule has 0 saturated heterocycles. The fourth-order valence-corrected chi connectivity index (χ4v) is 2.97. The van der Waals surface area contributed by atoms with Gasteiger partial charge in [-0.2, -0.15) is 0 Å². The fourth-order valence-electron chi connectivity index (χ4n) is 2.97. The van der Waals surface area contributed by atoms with Crippen molar-refractivity contribution in [2.24, 2.45) is 4.99 Å². The number of benzene rings is 2. The smallest absolute Gasteiger partial charge is 0.196 e. The first-order valence-electron chi connectivity index (χ1n) is 9.78. The van der Waals surface area contributed by atoms with Crippen molar-refractivity contribution in [1.29, 1.82) is 0 Å². The highest BCUT2D eigenvalue weighted by Crippen LogP contribution is 2.32. The molecule has 150 valence electrons. The van der Waals surface area contributed by atoms with Gasteiger partial charge in [-0.3, -0.25) is 0 Å². The molecule has 1 aliphatic heterocycles. The molecular weight excluding hydrogens is 368 g/mol. The van der Waals surface area contributed by atoms with E-state index in [0.29, 0.717) is 25.7 Å². The highest BCUT2D eigenvalue weighted by molar-refractivity contribution is 5.93. The second kappa shape index (κ2) is 9.14. The summed E-state index contributed by atoms with van der Waals surface area (Å²) < 4.78 is 16.9. The van der Waals surface area contributed by atoms with Crippen LogP contribution in [0.5, 0.6) is 11.5 Å². The van der Waals surface area contributed by atoms with Gasteiger partial charge in [0.1, 0.15) is 5.69 Å². The first-order chi connectivity index (χ1) is 14.3. The largest absolute Gasteiger partial charge is 0.490 e. The first kappa shape index (κ1) is 18.9. The first-order valence-corrected chi connectivity index (χ1v) is 9.78. The van der Waals surface area contributed by atoms with Crippen molar-refractivity contribution in [2.75, 3.05) is 25.1 Å². The van der Waals surface area contributed by atoms with E-state index in [1.807, 2.05) is 61.5 Å². The van der Waals surface area contributed by atoms with E-state index in [9.17, 15) is 0 Å². The van der Waals surface area contributed by atoms with Crippen LogP contribution in [0.15, 0.2) is 64.1 Å². The number of guanidine groups is 1. The lowest BCUT2D eigenvalue weighted by Gasteiger charge is -2.13. The minimum absolute atomic E-state index is 0.399. The van der Waals surface area contributed by atoms with Gasteiger partial charge in [0, 0.05) is 36.3 Å². The van der Waals surface area contributed by atoms with Gasteiger partial charge >= 0.3 is 0 Å². The van der Waals surface area contributed by atoms with E-state index in [1.165, 1.54) is 0 Å². The Kier molecular flexibility index (Phi) is 5.95. The van der Waals surface area contributed by atoms with Crippen LogP contribution in [0.4, 0.5) is 5.69 Å². The normalized spacial score (nSPS) is 13.6. The van der Waals surface area contributed by atoms with E-state index in [1.54, 1.807) is 0 Å². The van der Waals surface area contributed by atoms with Crippen LogP contribution in [0, 0.1) is 0 Å². The number of aliphatic imine (C=N–C) groups is 1. The van der Waals surface area contributed by atoms with E-state index in [0.717, 1.165) is 47.2 Å². The molecule has 0 spiro atoms. The van der Waals surface area contributed by atoms with E-state index >= 15 is 0 Å². The molecule has 2 heterocycles. The number of rotatable bonds is 5. The Morgan fingerprint density at radius 3 is 2.69 bits per heavy atom. The minimum atomic E-state index is 0.399. The number of ether oxygens (including phenoxy) is 2. The van der Waals surface area contributed by atoms with Crippen molar-refractivity contribution in [3.8, 4) is 22.8 Å². The summed E-state index contributed by atoms with van der Waals surface area (Å²) in [4.78, 5) is 4.62. The van der Waals surface area contributed by atoms with E-state index in [4.69, 9.17) is 14.0 Å². The second-order valence-corrected chi connectivity index (χ2v) is 6.58. The van der Waals surface area contributed by atoms with Crippen molar-refractivity contribution in [3.63, 3.8) is 0 Å². The predicted molar refractivity (Wildman–Crippen MR) is 112 cm³/mol. The van der Waals surface area contributed by atoms with Gasteiger partial charge in [-0.15, -0.1) is 0 Å². The minimum Gasteiger partial charge on any atom is -0.490 e. The Bertz CT molecular complexity index is 969. The predicted octanol–water partition coefficient (Wildman–Crippen LogP) is 4.08. The van der Waals surface area contributed by atoms with Crippen LogP contribution >= 0.6 is 0 Å². The third kappa shape index (κ3) is 4.87. The molecule has 0 bridgehead atoms. The molecular formula is C22H24N4O3. The van der Waals surface area contributed by atoms with Gasteiger partial charge in [-0.25, -0.2) is 4.99 Å². The molecule has 2 aromatic carbocycles. The second-order valence-electron chi connectivity index (χ2n) is 6.58. The average Bonchev–Trinajstić information content (AvgIpc) is 3.11. The number of hydrogen-bond acceptors (Lipinski definition) is 5. The van der Waals surface area contributed by atoms with Crippen LogP contribution in [0.1, 0.15) is 19.0 Å². The van der Waals surface area contributed by atoms with Gasteiger partial charge in [-0.05, 0) is 19.1 Å². The zero-order valence-electron chi connectivity index (χ0n) is 16.4. The molecule has 0 amide bonds. The summed E-state index contributed by atoms with van der Waals surface area (Å²) in [6, 6.07) is 17.6. The molecule has 1 aliphatic rings. The van der Waals surface area contributed by atoms with Gasteiger partial charge < -0.3 is 24.6 Å². The molecule has 4 rings (SSSR count). The molecule has 7 heteroatoms. The standard InChI is InChI=1S/C22H24N4O3/c1-2-23-22(25-17-9-10-19-21(13-17)28-12-6-11-27-19)24-15-18-14-20(29-26-18)16-7-4-3-5-8-16/h3-5,7-10,13-14H,2,6,11-12,15H2,1H3,(H2,23,24,25). The maximum Gasteiger partial charge on any atom is 0.196 e. The van der Waals surface area contributed by atoms with Crippen molar-refractivity contribution in [1.82, 2.24) is 10.5 Å². The van der Waals surface area contributed by atoms with Crippen molar-refractivity contribution in [2.45, 2.75) is 19.9 Å². The Morgan fingerprint density at radius 2 is 1.86 bits per heavy atom. The fraction of sp³-hybridized carbons (Fsp3) is 0.273. The zero-order valence-corrected chi connectivity index (χ0v) is 16.4. The molecule has 29 heavy (non-hydrogen) atoms. The molecule has 0 radical (unpaired) electrons. The number of hydrogen-bond donors (Lipinski definition) is 2. The third-order valence-electron chi connectivity index (χ3n) is 4.37.